The van der Waals surface area contributed by atoms with Crippen LogP contribution >= 0.6 is 0 Å². The van der Waals surface area contributed by atoms with E-state index >= 15 is 0 Å². The molecule has 0 amide bonds. The van der Waals surface area contributed by atoms with Crippen molar-refractivity contribution in [1.29, 1.82) is 0 Å². The van der Waals surface area contributed by atoms with Crippen molar-refractivity contribution >= 4 is 5.96 Å². The van der Waals surface area contributed by atoms with E-state index in [0.717, 1.165) is 24.3 Å². The van der Waals surface area contributed by atoms with Crippen LogP contribution in [0.15, 0.2) is 4.99 Å². The van der Waals surface area contributed by atoms with Gasteiger partial charge in [-0.2, -0.15) is 0 Å². The van der Waals surface area contributed by atoms with Crippen molar-refractivity contribution in [1.82, 2.24) is 9.80 Å². The van der Waals surface area contributed by atoms with Gasteiger partial charge in [-0.1, -0.05) is 0 Å². The number of guanidine groups is 1. The van der Waals surface area contributed by atoms with Gasteiger partial charge in [0.15, 0.2) is 5.96 Å². The van der Waals surface area contributed by atoms with Crippen LogP contribution in [0, 0.1) is 11.8 Å². The summed E-state index contributed by atoms with van der Waals surface area (Å²) in [5.41, 5.74) is 6.46. The second-order valence-corrected chi connectivity index (χ2v) is 6.37. The Balaban J connectivity index is 1.62. The molecular weight excluding hydrogens is 212 g/mol. The molecule has 1 spiro atoms. The summed E-state index contributed by atoms with van der Waals surface area (Å²) in [6, 6.07) is 0. The first-order chi connectivity index (χ1) is 8.28. The van der Waals surface area contributed by atoms with E-state index < -0.39 is 0 Å². The Bertz CT molecular complexity index is 362. The van der Waals surface area contributed by atoms with Gasteiger partial charge in [0, 0.05) is 19.6 Å². The van der Waals surface area contributed by atoms with Gasteiger partial charge in [-0.3, -0.25) is 4.99 Å². The van der Waals surface area contributed by atoms with Crippen LogP contribution in [0.5, 0.6) is 0 Å². The molecule has 3 unspecified atom stereocenters. The zero-order valence-electron chi connectivity index (χ0n) is 10.4. The van der Waals surface area contributed by atoms with Crippen LogP contribution in [0.25, 0.3) is 0 Å². The average Bonchev–Trinajstić information content (AvgIpc) is 2.99. The van der Waals surface area contributed by atoms with E-state index in [4.69, 9.17) is 5.73 Å². The minimum absolute atomic E-state index is 0.305. The van der Waals surface area contributed by atoms with E-state index in [9.17, 15) is 0 Å². The van der Waals surface area contributed by atoms with Gasteiger partial charge >= 0.3 is 0 Å². The summed E-state index contributed by atoms with van der Waals surface area (Å²) in [6.45, 7) is 5.96. The Hall–Kier alpha value is -0.770. The van der Waals surface area contributed by atoms with E-state index in [2.05, 4.69) is 14.8 Å². The fourth-order valence-electron chi connectivity index (χ4n) is 4.04. The van der Waals surface area contributed by atoms with Crippen molar-refractivity contribution < 1.29 is 0 Å². The van der Waals surface area contributed by atoms with Crippen LogP contribution in [-0.4, -0.2) is 54.0 Å². The normalized spacial score (nSPS) is 44.5. The minimum atomic E-state index is 0.305. The van der Waals surface area contributed by atoms with Crippen molar-refractivity contribution in [3.8, 4) is 0 Å². The lowest BCUT2D eigenvalue weighted by Crippen LogP contribution is -2.60. The number of hydrogen-bond donors (Lipinski definition) is 1. The molecule has 3 heterocycles. The van der Waals surface area contributed by atoms with Gasteiger partial charge in [0.05, 0.1) is 12.1 Å². The Labute approximate surface area is 103 Å². The standard InChI is InChI=1S/C13H22N4/c14-12-15-9-13(17(12)7-10-1-2-10)4-6-16-5-3-11(13)8-16/h10-11H,1-9H2,(H2,14,15). The van der Waals surface area contributed by atoms with E-state index in [1.165, 1.54) is 51.9 Å². The third-order valence-electron chi connectivity index (χ3n) is 5.36. The van der Waals surface area contributed by atoms with Gasteiger partial charge in [-0.15, -0.1) is 0 Å². The first-order valence-corrected chi connectivity index (χ1v) is 7.08. The average molecular weight is 234 g/mol. The Morgan fingerprint density at radius 3 is 3.00 bits per heavy atom. The van der Waals surface area contributed by atoms with Gasteiger partial charge in [0.1, 0.15) is 0 Å². The smallest absolute Gasteiger partial charge is 0.191 e. The lowest BCUT2D eigenvalue weighted by molar-refractivity contribution is 0.0682. The predicted molar refractivity (Wildman–Crippen MR) is 67.8 cm³/mol. The number of rotatable bonds is 2. The van der Waals surface area contributed by atoms with E-state index in [1.807, 2.05) is 0 Å². The molecule has 1 aliphatic carbocycles. The second kappa shape index (κ2) is 3.37. The van der Waals surface area contributed by atoms with E-state index in [-0.39, 0.29) is 0 Å². The quantitative estimate of drug-likeness (QED) is 0.756. The van der Waals surface area contributed by atoms with Crippen molar-refractivity contribution in [2.24, 2.45) is 22.6 Å². The van der Waals surface area contributed by atoms with Gasteiger partial charge < -0.3 is 15.5 Å². The number of aliphatic imine (C=N–C) groups is 1. The topological polar surface area (TPSA) is 44.9 Å². The highest BCUT2D eigenvalue weighted by Gasteiger charge is 2.53. The Kier molecular flexibility index (Phi) is 2.02. The highest BCUT2D eigenvalue weighted by atomic mass is 15.4. The van der Waals surface area contributed by atoms with Crippen LogP contribution in [0.2, 0.25) is 0 Å². The van der Waals surface area contributed by atoms with Gasteiger partial charge in [0.25, 0.3) is 0 Å². The van der Waals surface area contributed by atoms with Crippen molar-refractivity contribution in [2.75, 3.05) is 32.7 Å². The van der Waals surface area contributed by atoms with Crippen LogP contribution in [0.3, 0.4) is 0 Å². The molecule has 17 heavy (non-hydrogen) atoms. The fourth-order valence-corrected chi connectivity index (χ4v) is 4.04. The maximum atomic E-state index is 6.15. The maximum Gasteiger partial charge on any atom is 0.191 e. The second-order valence-electron chi connectivity index (χ2n) is 6.37. The number of piperidine rings is 1. The maximum absolute atomic E-state index is 6.15. The van der Waals surface area contributed by atoms with Crippen LogP contribution in [0.1, 0.15) is 25.7 Å². The molecule has 4 rings (SSSR count). The summed E-state index contributed by atoms with van der Waals surface area (Å²) in [7, 11) is 0. The molecule has 3 fully saturated rings. The molecule has 4 heteroatoms. The lowest BCUT2D eigenvalue weighted by atomic mass is 9.78. The first kappa shape index (κ1) is 10.2. The van der Waals surface area contributed by atoms with Crippen LogP contribution in [0.4, 0.5) is 0 Å². The monoisotopic (exact) mass is 234 g/mol. The molecule has 3 atom stereocenters. The molecule has 94 valence electrons. The molecule has 4 nitrogen and oxygen atoms in total. The highest BCUT2D eigenvalue weighted by Crippen LogP contribution is 2.44. The molecule has 3 aliphatic heterocycles. The summed E-state index contributed by atoms with van der Waals surface area (Å²) in [5.74, 6) is 2.54. The van der Waals surface area contributed by atoms with Crippen LogP contribution < -0.4 is 5.73 Å². The predicted octanol–water partition coefficient (Wildman–Crippen LogP) is 0.491. The molecule has 0 aromatic rings. The Morgan fingerprint density at radius 2 is 2.18 bits per heavy atom. The van der Waals surface area contributed by atoms with Gasteiger partial charge in [-0.05, 0) is 44.1 Å². The van der Waals surface area contributed by atoms with Crippen molar-refractivity contribution in [3.63, 3.8) is 0 Å². The van der Waals surface area contributed by atoms with Crippen molar-refractivity contribution in [3.05, 3.63) is 0 Å². The summed E-state index contributed by atoms with van der Waals surface area (Å²) >= 11 is 0. The zero-order valence-corrected chi connectivity index (χ0v) is 10.4. The van der Waals surface area contributed by atoms with Crippen molar-refractivity contribution in [2.45, 2.75) is 31.2 Å². The van der Waals surface area contributed by atoms with Gasteiger partial charge in [0.2, 0.25) is 0 Å². The summed E-state index contributed by atoms with van der Waals surface area (Å²) in [6.07, 6.45) is 5.42. The molecule has 2 N–H and O–H groups in total. The molecule has 2 bridgehead atoms. The Morgan fingerprint density at radius 1 is 1.29 bits per heavy atom. The molecule has 1 saturated carbocycles. The molecule has 0 aromatic heterocycles. The third-order valence-corrected chi connectivity index (χ3v) is 5.36. The van der Waals surface area contributed by atoms with E-state index in [0.29, 0.717) is 5.54 Å². The highest BCUT2D eigenvalue weighted by molar-refractivity contribution is 5.81. The summed E-state index contributed by atoms with van der Waals surface area (Å²) in [4.78, 5) is 9.70. The molecule has 0 aromatic carbocycles. The fraction of sp³-hybridized carbons (Fsp3) is 0.923. The van der Waals surface area contributed by atoms with Crippen LogP contribution in [-0.2, 0) is 0 Å². The molecular formula is C13H22N4. The SMILES string of the molecule is NC1=NCC2(CCN3CCC2C3)N1CC1CC1. The first-order valence-electron chi connectivity index (χ1n) is 7.08. The number of nitrogens with zero attached hydrogens (tertiary/aromatic N) is 3. The largest absolute Gasteiger partial charge is 0.370 e. The van der Waals surface area contributed by atoms with E-state index in [1.54, 1.807) is 0 Å². The van der Waals surface area contributed by atoms with Gasteiger partial charge in [-0.25, -0.2) is 0 Å². The molecule has 2 saturated heterocycles. The third kappa shape index (κ3) is 1.43. The summed E-state index contributed by atoms with van der Waals surface area (Å²) < 4.78 is 0. The number of nitrogens with two attached hydrogens (primary N) is 1. The number of fused-ring (bicyclic) bond motifs is 3. The molecule has 0 radical (unpaired) electrons. The summed E-state index contributed by atoms with van der Waals surface area (Å²) in [5, 5.41) is 0. The number of hydrogen-bond acceptors (Lipinski definition) is 4. The zero-order chi connectivity index (χ0) is 11.5. The lowest BCUT2D eigenvalue weighted by Gasteiger charge is -2.47. The molecule has 4 aliphatic rings. The minimum Gasteiger partial charge on any atom is -0.370 e.